The summed E-state index contributed by atoms with van der Waals surface area (Å²) in [7, 11) is 0. The molecule has 1 saturated carbocycles. The lowest BCUT2D eigenvalue weighted by atomic mass is 9.93. The lowest BCUT2D eigenvalue weighted by Gasteiger charge is -2.26. The molecule has 1 aliphatic carbocycles. The van der Waals surface area contributed by atoms with Crippen LogP contribution in [-0.2, 0) is 4.74 Å². The van der Waals surface area contributed by atoms with Crippen LogP contribution in [0.25, 0.3) is 11.2 Å². The van der Waals surface area contributed by atoms with Crippen LogP contribution in [0.4, 0.5) is 30.8 Å². The van der Waals surface area contributed by atoms with Gasteiger partial charge in [-0.25, -0.2) is 23.1 Å². The molecule has 32 heavy (non-hydrogen) atoms. The lowest BCUT2D eigenvalue weighted by molar-refractivity contribution is 0.126. The standard InChI is InChI=1S/C21H23F3N6O2/c22-11-7-15(23)18(16(24)8-11)28-21-27-17-9-25-20(26-12-1-3-14(31)4-2-12)29-19(17)30(21)13-5-6-32-10-13/h7-9,12-14,31H,1-6,10H2,(H,27,28)(H,25,26,29)/i1D,2D2,3D,4D2,14D. The summed E-state index contributed by atoms with van der Waals surface area (Å²) in [6.45, 7) is 0.572. The highest BCUT2D eigenvalue weighted by Crippen LogP contribution is 2.32. The summed E-state index contributed by atoms with van der Waals surface area (Å²) >= 11 is 0. The van der Waals surface area contributed by atoms with Crippen LogP contribution < -0.4 is 10.6 Å². The normalized spacial score (nSPS) is 36.8. The Morgan fingerprint density at radius 3 is 2.75 bits per heavy atom. The van der Waals surface area contributed by atoms with Crippen LogP contribution in [0.1, 0.15) is 47.6 Å². The average Bonchev–Trinajstić information content (AvgIpc) is 3.50. The topological polar surface area (TPSA) is 97.1 Å². The first-order valence-corrected chi connectivity index (χ1v) is 9.74. The van der Waals surface area contributed by atoms with Crippen molar-refractivity contribution in [3.05, 3.63) is 35.8 Å². The predicted octanol–water partition coefficient (Wildman–Crippen LogP) is 3.66. The third-order valence-corrected chi connectivity index (χ3v) is 5.03. The van der Waals surface area contributed by atoms with E-state index in [0.29, 0.717) is 25.2 Å². The second-order valence-electron chi connectivity index (χ2n) is 7.23. The monoisotopic (exact) mass is 455 g/mol. The molecule has 1 saturated heterocycles. The molecule has 0 bridgehead atoms. The SMILES string of the molecule is [2H]C1C(Nc2ncc3nc(Nc4c(F)cc(F)cc4F)n(C4CCOC4)c3n2)C([2H])([2H])C([2H])([2H])C([2H])(O)C1[2H]. The van der Waals surface area contributed by atoms with Crippen molar-refractivity contribution in [1.82, 2.24) is 19.5 Å². The zero-order chi connectivity index (χ0) is 28.5. The zero-order valence-electron chi connectivity index (χ0n) is 23.4. The Balaban J connectivity index is 1.56. The number of aromatic nitrogens is 4. The first-order chi connectivity index (χ1) is 18.2. The van der Waals surface area contributed by atoms with E-state index < -0.39 is 66.8 Å². The van der Waals surface area contributed by atoms with E-state index in [9.17, 15) is 18.3 Å². The third kappa shape index (κ3) is 4.09. The van der Waals surface area contributed by atoms with Gasteiger partial charge in [-0.3, -0.25) is 4.57 Å². The van der Waals surface area contributed by atoms with Crippen LogP contribution in [-0.4, -0.2) is 50.0 Å². The van der Waals surface area contributed by atoms with Crippen molar-refractivity contribution in [2.75, 3.05) is 23.8 Å². The Hall–Kier alpha value is -2.92. The van der Waals surface area contributed by atoms with E-state index in [4.69, 9.17) is 14.3 Å². The minimum absolute atomic E-state index is 0.0652. The number of hydrogen-bond donors (Lipinski definition) is 3. The molecule has 170 valence electrons. The maximum absolute atomic E-state index is 14.4. The maximum atomic E-state index is 14.4. The summed E-state index contributed by atoms with van der Waals surface area (Å²) < 4.78 is 106. The molecule has 11 heteroatoms. The Labute approximate surface area is 191 Å². The van der Waals surface area contributed by atoms with E-state index in [2.05, 4.69) is 25.6 Å². The summed E-state index contributed by atoms with van der Waals surface area (Å²) in [5.74, 6) is -3.84. The van der Waals surface area contributed by atoms with Gasteiger partial charge in [0.05, 0.1) is 26.3 Å². The average molecular weight is 455 g/mol. The molecule has 0 spiro atoms. The number of rotatable bonds is 5. The second kappa shape index (κ2) is 8.55. The van der Waals surface area contributed by atoms with E-state index in [1.807, 2.05) is 0 Å². The molecule has 2 aromatic heterocycles. The summed E-state index contributed by atoms with van der Waals surface area (Å²) in [6.07, 6.45) is -11.6. The van der Waals surface area contributed by atoms with Crippen molar-refractivity contribution < 1.29 is 32.6 Å². The molecule has 8 nitrogen and oxygen atoms in total. The number of benzene rings is 1. The smallest absolute Gasteiger partial charge is 0.224 e. The van der Waals surface area contributed by atoms with Crippen molar-refractivity contribution in [2.45, 2.75) is 50.1 Å². The van der Waals surface area contributed by atoms with Gasteiger partial charge in [-0.05, 0) is 32.0 Å². The van der Waals surface area contributed by atoms with Crippen LogP contribution >= 0.6 is 0 Å². The third-order valence-electron chi connectivity index (χ3n) is 5.03. The Morgan fingerprint density at radius 2 is 2.00 bits per heavy atom. The summed E-state index contributed by atoms with van der Waals surface area (Å²) in [5, 5.41) is 15.3. The summed E-state index contributed by atoms with van der Waals surface area (Å²) in [4.78, 5) is 12.7. The van der Waals surface area contributed by atoms with Gasteiger partial charge in [0.25, 0.3) is 0 Å². The molecule has 2 aliphatic rings. The highest BCUT2D eigenvalue weighted by molar-refractivity contribution is 5.76. The number of fused-ring (bicyclic) bond motifs is 1. The maximum Gasteiger partial charge on any atom is 0.224 e. The number of halogens is 3. The van der Waals surface area contributed by atoms with Gasteiger partial charge in [0.2, 0.25) is 11.9 Å². The Bertz CT molecular complexity index is 1400. The van der Waals surface area contributed by atoms with E-state index in [1.165, 1.54) is 10.8 Å². The van der Waals surface area contributed by atoms with Gasteiger partial charge in [0.15, 0.2) is 17.3 Å². The highest BCUT2D eigenvalue weighted by atomic mass is 19.1. The number of nitrogens with one attached hydrogen (secondary N) is 2. The minimum Gasteiger partial charge on any atom is -0.393 e. The molecule has 3 heterocycles. The zero-order valence-corrected chi connectivity index (χ0v) is 16.4. The number of aliphatic hydroxyl groups is 1. The molecule has 0 amide bonds. The molecule has 0 radical (unpaired) electrons. The van der Waals surface area contributed by atoms with E-state index in [0.717, 1.165) is 0 Å². The predicted molar refractivity (Wildman–Crippen MR) is 111 cm³/mol. The van der Waals surface area contributed by atoms with Gasteiger partial charge in [0.1, 0.15) is 17.0 Å². The quantitative estimate of drug-likeness (QED) is 0.540. The molecule has 5 atom stereocenters. The lowest BCUT2D eigenvalue weighted by Crippen LogP contribution is -2.29. The molecule has 3 N–H and O–H groups in total. The van der Waals surface area contributed by atoms with Gasteiger partial charge in [-0.2, -0.15) is 4.98 Å². The minimum atomic E-state index is -3.24. The molecule has 1 aliphatic heterocycles. The van der Waals surface area contributed by atoms with Crippen LogP contribution in [0.2, 0.25) is 0 Å². The van der Waals surface area contributed by atoms with Crippen LogP contribution in [0.3, 0.4) is 0 Å². The fourth-order valence-corrected chi connectivity index (χ4v) is 3.55. The van der Waals surface area contributed by atoms with Crippen LogP contribution in [0, 0.1) is 17.5 Å². The van der Waals surface area contributed by atoms with Gasteiger partial charge >= 0.3 is 0 Å². The van der Waals surface area contributed by atoms with Gasteiger partial charge < -0.3 is 20.5 Å². The Kier molecular flexibility index (Phi) is 3.81. The number of anilines is 3. The summed E-state index contributed by atoms with van der Waals surface area (Å²) in [5.41, 5.74) is -0.382. The fraction of sp³-hybridized carbons (Fsp3) is 0.476. The van der Waals surface area contributed by atoms with Gasteiger partial charge in [-0.15, -0.1) is 0 Å². The van der Waals surface area contributed by atoms with E-state index >= 15 is 0 Å². The molecule has 2 fully saturated rings. The number of nitrogens with zero attached hydrogens (tertiary/aromatic N) is 4. The largest absolute Gasteiger partial charge is 0.393 e. The highest BCUT2D eigenvalue weighted by Gasteiger charge is 2.27. The molecular formula is C21H23F3N6O2. The van der Waals surface area contributed by atoms with Gasteiger partial charge in [0, 0.05) is 33.0 Å². The van der Waals surface area contributed by atoms with Crippen molar-refractivity contribution in [3.63, 3.8) is 0 Å². The van der Waals surface area contributed by atoms with Crippen molar-refractivity contribution >= 4 is 28.7 Å². The van der Waals surface area contributed by atoms with Crippen molar-refractivity contribution in [1.29, 1.82) is 0 Å². The van der Waals surface area contributed by atoms with Gasteiger partial charge in [-0.1, -0.05) is 0 Å². The summed E-state index contributed by atoms with van der Waals surface area (Å²) in [6, 6.07) is -1.14. The first kappa shape index (κ1) is 14.3. The van der Waals surface area contributed by atoms with Crippen molar-refractivity contribution in [2.24, 2.45) is 0 Å². The molecule has 3 aromatic rings. The first-order valence-electron chi connectivity index (χ1n) is 13.4. The van der Waals surface area contributed by atoms with Crippen LogP contribution in [0.5, 0.6) is 0 Å². The molecular weight excluding hydrogens is 425 g/mol. The van der Waals surface area contributed by atoms with Crippen LogP contribution in [0.15, 0.2) is 18.3 Å². The fourth-order valence-electron chi connectivity index (χ4n) is 3.55. The number of hydrogen-bond acceptors (Lipinski definition) is 7. The van der Waals surface area contributed by atoms with E-state index in [1.54, 1.807) is 0 Å². The van der Waals surface area contributed by atoms with Crippen molar-refractivity contribution in [3.8, 4) is 0 Å². The molecule has 1 aromatic carbocycles. The Morgan fingerprint density at radius 1 is 1.19 bits per heavy atom. The second-order valence-corrected chi connectivity index (χ2v) is 7.23. The molecule has 5 rings (SSSR count). The number of ether oxygens (including phenoxy) is 1. The number of imidazole rings is 1. The van der Waals surface area contributed by atoms with E-state index in [-0.39, 0.29) is 29.7 Å². The molecule has 5 unspecified atom stereocenters.